The van der Waals surface area contributed by atoms with Crippen LogP contribution >= 0.6 is 24.0 Å². The van der Waals surface area contributed by atoms with Gasteiger partial charge in [-0.15, -0.1) is 24.0 Å². The molecule has 114 valence electrons. The van der Waals surface area contributed by atoms with Crippen LogP contribution in [-0.4, -0.2) is 37.0 Å². The Kier molecular flexibility index (Phi) is 6.85. The SMILES string of the molecule is CCNC(=NCCc1ccco1)N1CCC(C)(C)C1.I. The summed E-state index contributed by atoms with van der Waals surface area (Å²) in [6, 6.07) is 3.93. The smallest absolute Gasteiger partial charge is 0.193 e. The highest BCUT2D eigenvalue weighted by atomic mass is 127. The van der Waals surface area contributed by atoms with Gasteiger partial charge in [0.25, 0.3) is 0 Å². The van der Waals surface area contributed by atoms with Crippen LogP contribution in [-0.2, 0) is 6.42 Å². The molecule has 1 N–H and O–H groups in total. The first-order valence-electron chi connectivity index (χ1n) is 7.16. The molecule has 0 atom stereocenters. The van der Waals surface area contributed by atoms with Gasteiger partial charge in [0.2, 0.25) is 0 Å². The Morgan fingerprint density at radius 2 is 2.30 bits per heavy atom. The molecule has 0 spiro atoms. The maximum absolute atomic E-state index is 5.33. The molecule has 5 heteroatoms. The van der Waals surface area contributed by atoms with Crippen molar-refractivity contribution in [1.82, 2.24) is 10.2 Å². The third-order valence-corrected chi connectivity index (χ3v) is 3.51. The van der Waals surface area contributed by atoms with Gasteiger partial charge in [-0.1, -0.05) is 13.8 Å². The Morgan fingerprint density at radius 3 is 2.85 bits per heavy atom. The first kappa shape index (κ1) is 17.3. The topological polar surface area (TPSA) is 40.8 Å². The van der Waals surface area contributed by atoms with Crippen LogP contribution < -0.4 is 5.32 Å². The van der Waals surface area contributed by atoms with Crippen LogP contribution in [0.2, 0.25) is 0 Å². The summed E-state index contributed by atoms with van der Waals surface area (Å²) < 4.78 is 5.33. The Labute approximate surface area is 139 Å². The molecular weight excluding hydrogens is 365 g/mol. The van der Waals surface area contributed by atoms with Crippen molar-refractivity contribution in [3.63, 3.8) is 0 Å². The maximum atomic E-state index is 5.33. The van der Waals surface area contributed by atoms with Gasteiger partial charge in [0.05, 0.1) is 6.26 Å². The number of aliphatic imine (C=N–C) groups is 1. The van der Waals surface area contributed by atoms with Crippen molar-refractivity contribution in [2.45, 2.75) is 33.6 Å². The van der Waals surface area contributed by atoms with E-state index < -0.39 is 0 Å². The zero-order chi connectivity index (χ0) is 13.7. The summed E-state index contributed by atoms with van der Waals surface area (Å²) in [5.74, 6) is 2.04. The lowest BCUT2D eigenvalue weighted by Crippen LogP contribution is -2.40. The van der Waals surface area contributed by atoms with Gasteiger partial charge in [0.1, 0.15) is 5.76 Å². The lowest BCUT2D eigenvalue weighted by molar-refractivity contribution is 0.370. The van der Waals surface area contributed by atoms with Gasteiger partial charge in [0, 0.05) is 32.6 Å². The van der Waals surface area contributed by atoms with E-state index in [0.717, 1.165) is 44.3 Å². The summed E-state index contributed by atoms with van der Waals surface area (Å²) in [5.41, 5.74) is 0.400. The molecule has 0 aliphatic carbocycles. The van der Waals surface area contributed by atoms with Gasteiger partial charge < -0.3 is 14.6 Å². The number of likely N-dealkylation sites (tertiary alicyclic amines) is 1. The van der Waals surface area contributed by atoms with E-state index in [1.807, 2.05) is 12.1 Å². The van der Waals surface area contributed by atoms with Crippen molar-refractivity contribution < 1.29 is 4.42 Å². The van der Waals surface area contributed by atoms with Crippen LogP contribution in [0.5, 0.6) is 0 Å². The van der Waals surface area contributed by atoms with Gasteiger partial charge in [-0.3, -0.25) is 4.99 Å². The highest BCUT2D eigenvalue weighted by molar-refractivity contribution is 14.0. The van der Waals surface area contributed by atoms with Crippen LogP contribution in [0.1, 0.15) is 33.0 Å². The van der Waals surface area contributed by atoms with E-state index in [4.69, 9.17) is 9.41 Å². The molecule has 0 unspecified atom stereocenters. The van der Waals surface area contributed by atoms with E-state index in [2.05, 4.69) is 31.0 Å². The first-order chi connectivity index (χ1) is 9.11. The largest absolute Gasteiger partial charge is 0.469 e. The fourth-order valence-corrected chi connectivity index (χ4v) is 2.45. The summed E-state index contributed by atoms with van der Waals surface area (Å²) >= 11 is 0. The van der Waals surface area contributed by atoms with E-state index in [-0.39, 0.29) is 24.0 Å². The van der Waals surface area contributed by atoms with Gasteiger partial charge in [0.15, 0.2) is 5.96 Å². The molecule has 4 nitrogen and oxygen atoms in total. The van der Waals surface area contributed by atoms with E-state index >= 15 is 0 Å². The second kappa shape index (κ2) is 7.90. The molecule has 1 aliphatic heterocycles. The molecule has 1 fully saturated rings. The summed E-state index contributed by atoms with van der Waals surface area (Å²) in [6.07, 6.45) is 3.81. The average Bonchev–Trinajstić information content (AvgIpc) is 2.97. The minimum absolute atomic E-state index is 0. The number of nitrogens with zero attached hydrogens (tertiary/aromatic N) is 2. The Hall–Kier alpha value is -0.720. The lowest BCUT2D eigenvalue weighted by Gasteiger charge is -2.23. The predicted molar refractivity (Wildman–Crippen MR) is 93.8 cm³/mol. The molecule has 20 heavy (non-hydrogen) atoms. The van der Waals surface area contributed by atoms with Crippen LogP contribution in [0.15, 0.2) is 27.8 Å². The Morgan fingerprint density at radius 1 is 1.50 bits per heavy atom. The highest BCUT2D eigenvalue weighted by Gasteiger charge is 2.30. The van der Waals surface area contributed by atoms with Crippen LogP contribution in [0.25, 0.3) is 0 Å². The number of hydrogen-bond acceptors (Lipinski definition) is 2. The Balaban J connectivity index is 0.00000200. The molecular formula is C15H26IN3O. The normalized spacial score (nSPS) is 17.9. The number of rotatable bonds is 4. The molecule has 1 aromatic rings. The average molecular weight is 391 g/mol. The monoisotopic (exact) mass is 391 g/mol. The van der Waals surface area contributed by atoms with Crippen molar-refractivity contribution in [2.24, 2.45) is 10.4 Å². The van der Waals surface area contributed by atoms with Crippen molar-refractivity contribution in [3.05, 3.63) is 24.2 Å². The lowest BCUT2D eigenvalue weighted by atomic mass is 9.93. The van der Waals surface area contributed by atoms with E-state index in [0.29, 0.717) is 5.41 Å². The van der Waals surface area contributed by atoms with Gasteiger partial charge in [-0.25, -0.2) is 0 Å². The second-order valence-electron chi connectivity index (χ2n) is 5.90. The maximum Gasteiger partial charge on any atom is 0.193 e. The fourth-order valence-electron chi connectivity index (χ4n) is 2.45. The first-order valence-corrected chi connectivity index (χ1v) is 7.16. The van der Waals surface area contributed by atoms with Crippen molar-refractivity contribution in [1.29, 1.82) is 0 Å². The van der Waals surface area contributed by atoms with E-state index in [1.165, 1.54) is 6.42 Å². The molecule has 0 radical (unpaired) electrons. The summed E-state index contributed by atoms with van der Waals surface area (Å²) in [7, 11) is 0. The van der Waals surface area contributed by atoms with E-state index in [1.54, 1.807) is 6.26 Å². The van der Waals surface area contributed by atoms with Crippen molar-refractivity contribution in [3.8, 4) is 0 Å². The molecule has 0 bridgehead atoms. The quantitative estimate of drug-likeness (QED) is 0.487. The number of guanidine groups is 1. The molecule has 1 aliphatic rings. The summed E-state index contributed by atoms with van der Waals surface area (Å²) in [6.45, 7) is 10.6. The second-order valence-corrected chi connectivity index (χ2v) is 5.90. The van der Waals surface area contributed by atoms with Crippen LogP contribution in [0, 0.1) is 5.41 Å². The molecule has 0 amide bonds. The van der Waals surface area contributed by atoms with Crippen molar-refractivity contribution >= 4 is 29.9 Å². The summed E-state index contributed by atoms with van der Waals surface area (Å²) in [4.78, 5) is 7.07. The third kappa shape index (κ3) is 5.00. The zero-order valence-electron chi connectivity index (χ0n) is 12.7. The minimum atomic E-state index is 0. The zero-order valence-corrected chi connectivity index (χ0v) is 15.0. The molecule has 0 saturated carbocycles. The van der Waals surface area contributed by atoms with Crippen LogP contribution in [0.4, 0.5) is 0 Å². The number of furan rings is 1. The highest BCUT2D eigenvalue weighted by Crippen LogP contribution is 2.28. The molecule has 2 rings (SSSR count). The number of hydrogen-bond donors (Lipinski definition) is 1. The number of halogens is 1. The van der Waals surface area contributed by atoms with Gasteiger partial charge in [-0.05, 0) is 30.9 Å². The third-order valence-electron chi connectivity index (χ3n) is 3.51. The molecule has 2 heterocycles. The van der Waals surface area contributed by atoms with E-state index in [9.17, 15) is 0 Å². The number of nitrogens with one attached hydrogen (secondary N) is 1. The predicted octanol–water partition coefficient (Wildman–Crippen LogP) is 3.14. The van der Waals surface area contributed by atoms with Gasteiger partial charge in [-0.2, -0.15) is 0 Å². The molecule has 1 saturated heterocycles. The summed E-state index contributed by atoms with van der Waals surface area (Å²) in [5, 5.41) is 3.39. The Bertz CT molecular complexity index is 415. The fraction of sp³-hybridized carbons (Fsp3) is 0.667. The standard InChI is InChI=1S/C15H25N3O.HI/c1-4-16-14(18-10-8-15(2,3)12-18)17-9-7-13-6-5-11-19-13;/h5-6,11H,4,7-10,12H2,1-3H3,(H,16,17);1H. The van der Waals surface area contributed by atoms with Crippen LogP contribution in [0.3, 0.4) is 0 Å². The minimum Gasteiger partial charge on any atom is -0.469 e. The van der Waals surface area contributed by atoms with Gasteiger partial charge >= 0.3 is 0 Å². The molecule has 0 aromatic carbocycles. The van der Waals surface area contributed by atoms with Crippen molar-refractivity contribution in [2.75, 3.05) is 26.2 Å². The molecule has 1 aromatic heterocycles.